The fourth-order valence-electron chi connectivity index (χ4n) is 1.29. The van der Waals surface area contributed by atoms with Gasteiger partial charge in [-0.25, -0.2) is 0 Å². The Morgan fingerprint density at radius 1 is 1.14 bits per heavy atom. The van der Waals surface area contributed by atoms with Crippen molar-refractivity contribution in [2.75, 3.05) is 12.2 Å². The molecule has 6 heteroatoms. The van der Waals surface area contributed by atoms with Gasteiger partial charge in [-0.1, -0.05) is 4.91 Å². The molecule has 6 nitrogen and oxygen atoms in total. The van der Waals surface area contributed by atoms with Crippen LogP contribution < -0.4 is 10.5 Å². The van der Waals surface area contributed by atoms with Gasteiger partial charge in [0, 0.05) is 12.7 Å². The van der Waals surface area contributed by atoms with E-state index in [-0.39, 0.29) is 0 Å². The van der Waals surface area contributed by atoms with Gasteiger partial charge in [0.05, 0.1) is 17.6 Å². The first kappa shape index (κ1) is 9.01. The van der Waals surface area contributed by atoms with E-state index in [2.05, 4.69) is 15.6 Å². The summed E-state index contributed by atoms with van der Waals surface area (Å²) >= 11 is 0. The number of hydrogen-bond donors (Lipinski definition) is 1. The molecule has 0 saturated heterocycles. The summed E-state index contributed by atoms with van der Waals surface area (Å²) in [6, 6.07) is 0. The van der Waals surface area contributed by atoms with E-state index in [4.69, 9.17) is 0 Å². The molecule has 1 aliphatic rings. The molecule has 0 fully saturated rings. The van der Waals surface area contributed by atoms with Crippen LogP contribution in [0.25, 0.3) is 0 Å². The van der Waals surface area contributed by atoms with Crippen LogP contribution in [0.3, 0.4) is 0 Å². The van der Waals surface area contributed by atoms with E-state index < -0.39 is 0 Å². The molecule has 0 bridgehead atoms. The predicted molar refractivity (Wildman–Crippen MR) is 52.4 cm³/mol. The quantitative estimate of drug-likeness (QED) is 0.685. The molecule has 2 rings (SSSR count). The van der Waals surface area contributed by atoms with Crippen LogP contribution in [0.1, 0.15) is 18.3 Å². The van der Waals surface area contributed by atoms with Crippen molar-refractivity contribution in [1.29, 1.82) is 0 Å². The Balaban J connectivity index is 2.31. The Labute approximate surface area is 82.7 Å². The molecule has 0 atom stereocenters. The molecule has 2 heterocycles. The second-order valence-corrected chi connectivity index (χ2v) is 3.41. The second-order valence-electron chi connectivity index (χ2n) is 3.41. The van der Waals surface area contributed by atoms with Gasteiger partial charge >= 0.3 is 0 Å². The number of aryl methyl sites for hydroxylation is 2. The number of allylic oxidation sites excluding steroid dienone is 1. The van der Waals surface area contributed by atoms with E-state index in [0.29, 0.717) is 0 Å². The van der Waals surface area contributed by atoms with Gasteiger partial charge in [0.25, 0.3) is 0 Å². The molecule has 0 amide bonds. The maximum absolute atomic E-state index is 4.28. The molecule has 1 aromatic heterocycles. The van der Waals surface area contributed by atoms with Crippen molar-refractivity contribution in [1.82, 2.24) is 25.6 Å². The zero-order chi connectivity index (χ0) is 10.3. The molecule has 0 unspecified atom stereocenters. The molecule has 0 aliphatic carbocycles. The van der Waals surface area contributed by atoms with E-state index in [1.165, 1.54) is 0 Å². The molecule has 0 saturated carbocycles. The lowest BCUT2D eigenvalue weighted by molar-refractivity contribution is 0.212. The third-order valence-corrected chi connectivity index (χ3v) is 2.14. The van der Waals surface area contributed by atoms with Gasteiger partial charge in [0.2, 0.25) is 0 Å². The number of aromatic nitrogens is 3. The summed E-state index contributed by atoms with van der Waals surface area (Å²) < 4.78 is 0. The summed E-state index contributed by atoms with van der Waals surface area (Å²) in [6.07, 6.45) is 1.93. The van der Waals surface area contributed by atoms with Crippen molar-refractivity contribution in [3.63, 3.8) is 0 Å². The fraction of sp³-hybridized carbons (Fsp3) is 0.500. The molecule has 0 radical (unpaired) electrons. The van der Waals surface area contributed by atoms with Gasteiger partial charge in [-0.15, -0.1) is 15.3 Å². The molecule has 1 aromatic rings. The first-order chi connectivity index (χ1) is 6.58. The Bertz CT molecular complexity index is 360. The fourth-order valence-corrected chi connectivity index (χ4v) is 1.29. The Morgan fingerprint density at radius 3 is 2.14 bits per heavy atom. The number of hydrogen-bond acceptors (Lipinski definition) is 5. The molecule has 1 N–H and O–H groups in total. The predicted octanol–water partition coefficient (Wildman–Crippen LogP) is 0.0592. The van der Waals surface area contributed by atoms with Crippen LogP contribution in [-0.2, 0) is 0 Å². The van der Waals surface area contributed by atoms with Crippen molar-refractivity contribution in [3.05, 3.63) is 23.3 Å². The maximum Gasteiger partial charge on any atom is 0.0847 e. The summed E-state index contributed by atoms with van der Waals surface area (Å²) in [6.45, 7) is 5.87. The summed E-state index contributed by atoms with van der Waals surface area (Å²) in [4.78, 5) is 1.56. The van der Waals surface area contributed by atoms with Crippen molar-refractivity contribution in [2.45, 2.75) is 20.8 Å². The summed E-state index contributed by atoms with van der Waals surface area (Å²) in [5, 5.41) is 12.2. The second kappa shape index (κ2) is 2.98. The van der Waals surface area contributed by atoms with Crippen molar-refractivity contribution in [2.24, 2.45) is 0 Å². The maximum atomic E-state index is 4.28. The zero-order valence-corrected chi connectivity index (χ0v) is 8.81. The van der Waals surface area contributed by atoms with Crippen molar-refractivity contribution >= 4 is 0 Å². The van der Waals surface area contributed by atoms with E-state index in [0.717, 1.165) is 17.1 Å². The lowest BCUT2D eigenvalue weighted by Crippen LogP contribution is -2.46. The van der Waals surface area contributed by atoms with Gasteiger partial charge in [0.1, 0.15) is 0 Å². The van der Waals surface area contributed by atoms with Gasteiger partial charge in [-0.05, 0) is 20.8 Å². The molecular formula is C8H14N6. The highest BCUT2D eigenvalue weighted by Gasteiger charge is 2.18. The summed E-state index contributed by atoms with van der Waals surface area (Å²) in [7, 11) is 1.90. The number of nitrogens with one attached hydrogen (secondary N) is 1. The molecule has 1 aliphatic heterocycles. The normalized spacial score (nSPS) is 17.1. The molecular weight excluding hydrogens is 180 g/mol. The van der Waals surface area contributed by atoms with Crippen LogP contribution in [0.2, 0.25) is 0 Å². The SMILES string of the molecule is CC1=CN(n2nc(C)c(C)n2)N(C)N1. The Kier molecular flexibility index (Phi) is 1.92. The summed E-state index contributed by atoms with van der Waals surface area (Å²) in [5.41, 5.74) is 6.05. The lowest BCUT2D eigenvalue weighted by atomic mass is 10.4. The van der Waals surface area contributed by atoms with Crippen LogP contribution in [0, 0.1) is 13.8 Å². The highest BCUT2D eigenvalue weighted by molar-refractivity contribution is 5.11. The third-order valence-electron chi connectivity index (χ3n) is 2.14. The zero-order valence-electron chi connectivity index (χ0n) is 8.81. The minimum absolute atomic E-state index is 0.941. The van der Waals surface area contributed by atoms with E-state index in [1.54, 1.807) is 10.0 Å². The van der Waals surface area contributed by atoms with E-state index in [1.807, 2.05) is 39.1 Å². The number of hydrazine groups is 2. The third kappa shape index (κ3) is 1.33. The first-order valence-electron chi connectivity index (χ1n) is 4.46. The highest BCUT2D eigenvalue weighted by atomic mass is 16.0. The van der Waals surface area contributed by atoms with Crippen LogP contribution in [0.4, 0.5) is 0 Å². The topological polar surface area (TPSA) is 49.2 Å². The van der Waals surface area contributed by atoms with Crippen molar-refractivity contribution < 1.29 is 0 Å². The highest BCUT2D eigenvalue weighted by Crippen LogP contribution is 2.06. The Morgan fingerprint density at radius 2 is 1.71 bits per heavy atom. The minimum Gasteiger partial charge on any atom is -0.303 e. The van der Waals surface area contributed by atoms with Crippen LogP contribution in [0.15, 0.2) is 11.9 Å². The van der Waals surface area contributed by atoms with E-state index >= 15 is 0 Å². The average molecular weight is 194 g/mol. The molecule has 76 valence electrons. The monoisotopic (exact) mass is 194 g/mol. The molecule has 0 spiro atoms. The summed E-state index contributed by atoms with van der Waals surface area (Å²) in [5.74, 6) is 0. The van der Waals surface area contributed by atoms with Gasteiger partial charge in [-0.2, -0.15) is 5.12 Å². The van der Waals surface area contributed by atoms with Gasteiger partial charge < -0.3 is 5.43 Å². The van der Waals surface area contributed by atoms with Gasteiger partial charge in [0.15, 0.2) is 0 Å². The first-order valence-corrected chi connectivity index (χ1v) is 4.46. The average Bonchev–Trinajstić information content (AvgIpc) is 2.57. The Hall–Kier alpha value is -1.56. The van der Waals surface area contributed by atoms with E-state index in [9.17, 15) is 0 Å². The molecule has 0 aromatic carbocycles. The lowest BCUT2D eigenvalue weighted by Gasteiger charge is -2.22. The van der Waals surface area contributed by atoms with Crippen molar-refractivity contribution in [3.8, 4) is 0 Å². The van der Waals surface area contributed by atoms with Gasteiger partial charge in [-0.3, -0.25) is 0 Å². The number of nitrogens with zero attached hydrogens (tertiary/aromatic N) is 5. The van der Waals surface area contributed by atoms with Crippen LogP contribution in [0.5, 0.6) is 0 Å². The smallest absolute Gasteiger partial charge is 0.0847 e. The largest absolute Gasteiger partial charge is 0.303 e. The minimum atomic E-state index is 0.941. The van der Waals surface area contributed by atoms with Crippen LogP contribution >= 0.6 is 0 Å². The number of rotatable bonds is 1. The van der Waals surface area contributed by atoms with Crippen LogP contribution in [-0.4, -0.2) is 27.3 Å². The molecule has 14 heavy (non-hydrogen) atoms. The standard InChI is InChI=1S/C8H14N6/c1-6-5-13(12(4)9-6)14-10-7(2)8(3)11-14/h5,9H,1-4H3.